The second-order valence-corrected chi connectivity index (χ2v) is 5.65. The summed E-state index contributed by atoms with van der Waals surface area (Å²) in [6.45, 7) is 4.56. The quantitative estimate of drug-likeness (QED) is 0.387. The van der Waals surface area contributed by atoms with Crippen LogP contribution in [0, 0.1) is 5.41 Å². The van der Waals surface area contributed by atoms with Crippen LogP contribution in [-0.2, 0) is 9.59 Å². The van der Waals surface area contributed by atoms with Gasteiger partial charge in [0.25, 0.3) is 5.91 Å². The van der Waals surface area contributed by atoms with Crippen molar-refractivity contribution in [3.63, 3.8) is 0 Å². The molecule has 0 aromatic rings. The van der Waals surface area contributed by atoms with Gasteiger partial charge in [-0.2, -0.15) is 0 Å². The fourth-order valence-corrected chi connectivity index (χ4v) is 2.59. The van der Waals surface area contributed by atoms with Gasteiger partial charge in [-0.25, -0.2) is 0 Å². The fourth-order valence-electron chi connectivity index (χ4n) is 2.59. The molecule has 2 amide bonds. The van der Waals surface area contributed by atoms with Crippen molar-refractivity contribution < 1.29 is 9.59 Å². The molecular weight excluding hydrogens is 202 g/mol. The van der Waals surface area contributed by atoms with Crippen molar-refractivity contribution in [3.05, 3.63) is 11.1 Å². The van der Waals surface area contributed by atoms with Gasteiger partial charge in [-0.3, -0.25) is 14.9 Å². The topological polar surface area (TPSA) is 46.2 Å². The number of nitrogens with one attached hydrogen (secondary N) is 1. The Hall–Kier alpha value is -1.12. The summed E-state index contributed by atoms with van der Waals surface area (Å²) < 4.78 is 0. The molecule has 0 unspecified atom stereocenters. The number of hydrogen-bond donors (Lipinski definition) is 1. The average Bonchev–Trinajstić information content (AvgIpc) is 2.41. The maximum atomic E-state index is 11.6. The summed E-state index contributed by atoms with van der Waals surface area (Å²) in [5, 5.41) is 2.37. The van der Waals surface area contributed by atoms with Gasteiger partial charge in [0.1, 0.15) is 0 Å². The number of carbonyl (C=O) groups excluding carboxylic acids is 2. The summed E-state index contributed by atoms with van der Waals surface area (Å²) in [5.74, 6) is -0.296. The van der Waals surface area contributed by atoms with E-state index in [0.717, 1.165) is 31.3 Å². The zero-order chi connectivity index (χ0) is 11.8. The van der Waals surface area contributed by atoms with Crippen LogP contribution >= 0.6 is 0 Å². The lowest BCUT2D eigenvalue weighted by Gasteiger charge is -2.21. The van der Waals surface area contributed by atoms with E-state index >= 15 is 0 Å². The van der Waals surface area contributed by atoms with Gasteiger partial charge in [0.2, 0.25) is 5.91 Å². The van der Waals surface area contributed by atoms with Crippen molar-refractivity contribution in [1.29, 1.82) is 0 Å². The first-order valence-corrected chi connectivity index (χ1v) is 6.03. The van der Waals surface area contributed by atoms with E-state index in [9.17, 15) is 9.59 Å². The standard InChI is InChI=1S/C13H19NO2/c1-13(2)6-3-4-9(5-7-13)10-8-11(15)14-12(10)16/h3-8H2,1-2H3,(H,14,15,16). The molecule has 88 valence electrons. The largest absolute Gasteiger partial charge is 0.292 e. The third-order valence-electron chi connectivity index (χ3n) is 3.73. The Morgan fingerprint density at radius 2 is 1.88 bits per heavy atom. The lowest BCUT2D eigenvalue weighted by Crippen LogP contribution is -2.19. The van der Waals surface area contributed by atoms with Gasteiger partial charge in [0.05, 0.1) is 6.42 Å². The monoisotopic (exact) mass is 221 g/mol. The van der Waals surface area contributed by atoms with Crippen molar-refractivity contribution >= 4 is 11.8 Å². The Balaban J connectivity index is 2.18. The molecule has 1 saturated carbocycles. The van der Waals surface area contributed by atoms with E-state index < -0.39 is 0 Å². The number of hydrogen-bond acceptors (Lipinski definition) is 2. The molecule has 0 aromatic heterocycles. The Kier molecular flexibility index (Phi) is 2.87. The fraction of sp³-hybridized carbons (Fsp3) is 0.692. The number of allylic oxidation sites excluding steroid dienone is 1. The first kappa shape index (κ1) is 11.4. The molecule has 1 saturated heterocycles. The highest BCUT2D eigenvalue weighted by Crippen LogP contribution is 2.37. The molecule has 16 heavy (non-hydrogen) atoms. The van der Waals surface area contributed by atoms with E-state index in [0.29, 0.717) is 11.8 Å². The predicted octanol–water partition coefficient (Wildman–Crippen LogP) is 2.32. The Labute approximate surface area is 96.3 Å². The highest BCUT2D eigenvalue weighted by atomic mass is 16.2. The van der Waals surface area contributed by atoms with Crippen LogP contribution < -0.4 is 5.32 Å². The van der Waals surface area contributed by atoms with E-state index in [4.69, 9.17) is 0 Å². The zero-order valence-corrected chi connectivity index (χ0v) is 10.1. The lowest BCUT2D eigenvalue weighted by molar-refractivity contribution is -0.124. The van der Waals surface area contributed by atoms with Crippen LogP contribution in [0.25, 0.3) is 0 Å². The van der Waals surface area contributed by atoms with E-state index in [2.05, 4.69) is 19.2 Å². The molecule has 0 bridgehead atoms. The van der Waals surface area contributed by atoms with Crippen molar-refractivity contribution in [1.82, 2.24) is 5.32 Å². The van der Waals surface area contributed by atoms with Crippen molar-refractivity contribution in [2.24, 2.45) is 5.41 Å². The Morgan fingerprint density at radius 3 is 2.50 bits per heavy atom. The molecule has 3 nitrogen and oxygen atoms in total. The molecule has 1 aliphatic heterocycles. The molecule has 0 atom stereocenters. The van der Waals surface area contributed by atoms with Gasteiger partial charge in [-0.15, -0.1) is 0 Å². The minimum atomic E-state index is -0.153. The molecular formula is C13H19NO2. The van der Waals surface area contributed by atoms with Gasteiger partial charge < -0.3 is 0 Å². The van der Waals surface area contributed by atoms with Gasteiger partial charge in [-0.1, -0.05) is 19.4 Å². The molecule has 0 radical (unpaired) electrons. The van der Waals surface area contributed by atoms with Crippen molar-refractivity contribution in [2.45, 2.75) is 52.4 Å². The van der Waals surface area contributed by atoms with Crippen LogP contribution in [0.5, 0.6) is 0 Å². The zero-order valence-electron chi connectivity index (χ0n) is 10.1. The summed E-state index contributed by atoms with van der Waals surface area (Å²) in [6.07, 6.45) is 5.72. The maximum Gasteiger partial charge on any atom is 0.254 e. The van der Waals surface area contributed by atoms with Crippen LogP contribution in [0.15, 0.2) is 11.1 Å². The van der Waals surface area contributed by atoms with Crippen LogP contribution in [-0.4, -0.2) is 11.8 Å². The minimum Gasteiger partial charge on any atom is -0.292 e. The molecule has 1 aliphatic carbocycles. The van der Waals surface area contributed by atoms with Gasteiger partial charge in [0.15, 0.2) is 0 Å². The van der Waals surface area contributed by atoms with Gasteiger partial charge in [-0.05, 0) is 37.5 Å². The normalized spacial score (nSPS) is 30.1. The van der Waals surface area contributed by atoms with E-state index in [-0.39, 0.29) is 11.8 Å². The van der Waals surface area contributed by atoms with Gasteiger partial charge >= 0.3 is 0 Å². The Morgan fingerprint density at radius 1 is 1.12 bits per heavy atom. The number of imide groups is 1. The maximum absolute atomic E-state index is 11.6. The second kappa shape index (κ2) is 4.04. The highest BCUT2D eigenvalue weighted by Gasteiger charge is 2.29. The lowest BCUT2D eigenvalue weighted by atomic mass is 9.85. The predicted molar refractivity (Wildman–Crippen MR) is 61.7 cm³/mol. The number of carbonyl (C=O) groups is 2. The first-order chi connectivity index (χ1) is 7.48. The van der Waals surface area contributed by atoms with Crippen LogP contribution in [0.2, 0.25) is 0 Å². The average molecular weight is 221 g/mol. The molecule has 1 N–H and O–H groups in total. The SMILES string of the molecule is CC1(C)CCCC(=C2CC(=O)NC2=O)CC1. The summed E-state index contributed by atoms with van der Waals surface area (Å²) in [7, 11) is 0. The first-order valence-electron chi connectivity index (χ1n) is 6.03. The molecule has 1 heterocycles. The van der Waals surface area contributed by atoms with Crippen molar-refractivity contribution in [3.8, 4) is 0 Å². The van der Waals surface area contributed by atoms with Crippen molar-refractivity contribution in [2.75, 3.05) is 0 Å². The van der Waals surface area contributed by atoms with Crippen LogP contribution in [0.1, 0.15) is 52.4 Å². The highest BCUT2D eigenvalue weighted by molar-refractivity contribution is 6.13. The number of amides is 2. The molecule has 2 aliphatic rings. The molecule has 0 aromatic carbocycles. The minimum absolute atomic E-state index is 0.143. The Bertz CT molecular complexity index is 366. The third kappa shape index (κ3) is 2.34. The van der Waals surface area contributed by atoms with Gasteiger partial charge in [0, 0.05) is 5.57 Å². The van der Waals surface area contributed by atoms with Crippen LogP contribution in [0.3, 0.4) is 0 Å². The van der Waals surface area contributed by atoms with E-state index in [1.807, 2.05) is 0 Å². The van der Waals surface area contributed by atoms with E-state index in [1.54, 1.807) is 0 Å². The molecule has 3 heteroatoms. The number of rotatable bonds is 0. The summed E-state index contributed by atoms with van der Waals surface area (Å²) in [5.41, 5.74) is 2.35. The second-order valence-electron chi connectivity index (χ2n) is 5.65. The van der Waals surface area contributed by atoms with E-state index in [1.165, 1.54) is 12.0 Å². The smallest absolute Gasteiger partial charge is 0.254 e. The summed E-state index contributed by atoms with van der Waals surface area (Å²) in [6, 6.07) is 0. The molecule has 2 rings (SSSR count). The summed E-state index contributed by atoms with van der Waals surface area (Å²) >= 11 is 0. The molecule has 0 spiro atoms. The summed E-state index contributed by atoms with van der Waals surface area (Å²) in [4.78, 5) is 22.7. The van der Waals surface area contributed by atoms with Crippen LogP contribution in [0.4, 0.5) is 0 Å². The third-order valence-corrected chi connectivity index (χ3v) is 3.73. The molecule has 2 fully saturated rings.